The zero-order valence-electron chi connectivity index (χ0n) is 11.9. The molecule has 1 aliphatic heterocycles. The molecule has 0 aliphatic carbocycles. The van der Waals surface area contributed by atoms with Crippen LogP contribution in [0.2, 0.25) is 0 Å². The van der Waals surface area contributed by atoms with E-state index in [1.165, 1.54) is 0 Å². The molecule has 1 saturated heterocycles. The molecule has 0 aromatic carbocycles. The summed E-state index contributed by atoms with van der Waals surface area (Å²) in [6, 6.07) is 0.0128. The molecular formula is C14H22N4O2. The lowest BCUT2D eigenvalue weighted by Crippen LogP contribution is -2.44. The number of nitrogens with zero attached hydrogens (tertiary/aromatic N) is 3. The monoisotopic (exact) mass is 278 g/mol. The van der Waals surface area contributed by atoms with Gasteiger partial charge in [-0.05, 0) is 19.8 Å². The minimum Gasteiger partial charge on any atom is -0.350 e. The van der Waals surface area contributed by atoms with E-state index >= 15 is 0 Å². The van der Waals surface area contributed by atoms with Crippen LogP contribution >= 0.6 is 0 Å². The zero-order chi connectivity index (χ0) is 14.4. The summed E-state index contributed by atoms with van der Waals surface area (Å²) in [6.45, 7) is 3.50. The Labute approximate surface area is 119 Å². The van der Waals surface area contributed by atoms with Crippen molar-refractivity contribution in [1.29, 1.82) is 0 Å². The topological polar surface area (TPSA) is 67.2 Å². The van der Waals surface area contributed by atoms with Crippen molar-refractivity contribution >= 4 is 11.8 Å². The molecule has 0 radical (unpaired) electrons. The first-order valence-electron chi connectivity index (χ1n) is 7.18. The fourth-order valence-electron chi connectivity index (χ4n) is 2.46. The molecular weight excluding hydrogens is 256 g/mol. The molecule has 2 heterocycles. The van der Waals surface area contributed by atoms with Crippen LogP contribution in [-0.2, 0) is 16.1 Å². The van der Waals surface area contributed by atoms with Crippen molar-refractivity contribution in [3.05, 3.63) is 18.7 Å². The first kappa shape index (κ1) is 14.6. The highest BCUT2D eigenvalue weighted by Crippen LogP contribution is 2.10. The Hall–Kier alpha value is -1.85. The highest BCUT2D eigenvalue weighted by molar-refractivity contribution is 5.85. The van der Waals surface area contributed by atoms with Crippen LogP contribution in [-0.4, -0.2) is 45.4 Å². The van der Waals surface area contributed by atoms with Gasteiger partial charge in [0, 0.05) is 37.9 Å². The number of likely N-dealkylation sites (tertiary alicyclic amines) is 1. The van der Waals surface area contributed by atoms with E-state index in [2.05, 4.69) is 10.3 Å². The number of carbonyl (C=O) groups is 2. The normalized spacial score (nSPS) is 17.6. The van der Waals surface area contributed by atoms with Gasteiger partial charge in [-0.15, -0.1) is 0 Å². The summed E-state index contributed by atoms with van der Waals surface area (Å²) in [5.41, 5.74) is 0. The van der Waals surface area contributed by atoms with Crippen molar-refractivity contribution in [2.24, 2.45) is 0 Å². The van der Waals surface area contributed by atoms with E-state index < -0.39 is 0 Å². The first-order valence-corrected chi connectivity index (χ1v) is 7.18. The quantitative estimate of drug-likeness (QED) is 0.866. The third-order valence-electron chi connectivity index (χ3n) is 3.46. The molecule has 0 spiro atoms. The first-order chi connectivity index (χ1) is 9.65. The molecule has 0 saturated carbocycles. The largest absolute Gasteiger partial charge is 0.350 e. The molecule has 6 heteroatoms. The Balaban J connectivity index is 1.77. The second-order valence-electron chi connectivity index (χ2n) is 5.35. The Morgan fingerprint density at radius 3 is 3.05 bits per heavy atom. The Bertz CT molecular complexity index is 444. The van der Waals surface area contributed by atoms with Crippen molar-refractivity contribution in [1.82, 2.24) is 19.8 Å². The van der Waals surface area contributed by atoms with Gasteiger partial charge in [0.15, 0.2) is 0 Å². The smallest absolute Gasteiger partial charge is 0.239 e. The number of carbonyl (C=O) groups excluding carboxylic acids is 2. The molecule has 110 valence electrons. The highest BCUT2D eigenvalue weighted by atomic mass is 16.2. The van der Waals surface area contributed by atoms with Gasteiger partial charge < -0.3 is 14.8 Å². The van der Waals surface area contributed by atoms with E-state index in [9.17, 15) is 9.59 Å². The summed E-state index contributed by atoms with van der Waals surface area (Å²) in [7, 11) is 0. The fraction of sp³-hybridized carbons (Fsp3) is 0.643. The summed E-state index contributed by atoms with van der Waals surface area (Å²) in [5, 5.41) is 2.92. The van der Waals surface area contributed by atoms with Gasteiger partial charge in [0.1, 0.15) is 0 Å². The second kappa shape index (κ2) is 7.07. The van der Waals surface area contributed by atoms with Gasteiger partial charge in [0.05, 0.1) is 12.9 Å². The van der Waals surface area contributed by atoms with Crippen LogP contribution in [0, 0.1) is 0 Å². The van der Waals surface area contributed by atoms with Gasteiger partial charge in [-0.3, -0.25) is 9.59 Å². The Morgan fingerprint density at radius 2 is 2.30 bits per heavy atom. The van der Waals surface area contributed by atoms with E-state index in [4.69, 9.17) is 0 Å². The molecule has 1 aromatic heterocycles. The van der Waals surface area contributed by atoms with Gasteiger partial charge in [0.25, 0.3) is 0 Å². The SMILES string of the molecule is CC(Cn1ccnc1)NC(=O)CN1CCCCCC1=O. The minimum atomic E-state index is -0.0899. The van der Waals surface area contributed by atoms with Gasteiger partial charge in [0.2, 0.25) is 11.8 Å². The Morgan fingerprint density at radius 1 is 1.45 bits per heavy atom. The van der Waals surface area contributed by atoms with Crippen LogP contribution in [0.3, 0.4) is 0 Å². The maximum Gasteiger partial charge on any atom is 0.239 e. The van der Waals surface area contributed by atoms with Crippen molar-refractivity contribution in [2.75, 3.05) is 13.1 Å². The van der Waals surface area contributed by atoms with Crippen LogP contribution in [0.4, 0.5) is 0 Å². The van der Waals surface area contributed by atoms with E-state index in [-0.39, 0.29) is 24.4 Å². The molecule has 1 aromatic rings. The minimum absolute atomic E-state index is 0.0128. The molecule has 1 aliphatic rings. The molecule has 1 atom stereocenters. The summed E-state index contributed by atoms with van der Waals surface area (Å²) in [6.07, 6.45) is 8.86. The summed E-state index contributed by atoms with van der Waals surface area (Å²) in [4.78, 5) is 29.4. The highest BCUT2D eigenvalue weighted by Gasteiger charge is 2.19. The van der Waals surface area contributed by atoms with Crippen molar-refractivity contribution in [3.8, 4) is 0 Å². The Kier molecular flexibility index (Phi) is 5.15. The van der Waals surface area contributed by atoms with Crippen molar-refractivity contribution in [3.63, 3.8) is 0 Å². The van der Waals surface area contributed by atoms with Crippen LogP contribution < -0.4 is 5.32 Å². The molecule has 0 bridgehead atoms. The fourth-order valence-corrected chi connectivity index (χ4v) is 2.46. The molecule has 1 fully saturated rings. The number of rotatable bonds is 5. The van der Waals surface area contributed by atoms with Gasteiger partial charge >= 0.3 is 0 Å². The zero-order valence-corrected chi connectivity index (χ0v) is 11.9. The van der Waals surface area contributed by atoms with Gasteiger partial charge in [-0.2, -0.15) is 0 Å². The standard InChI is InChI=1S/C14H22N4O2/c1-12(9-17-8-6-15-11-17)16-13(19)10-18-7-4-2-3-5-14(18)20/h6,8,11-12H,2-5,7,9-10H2,1H3,(H,16,19). The third-order valence-corrected chi connectivity index (χ3v) is 3.46. The summed E-state index contributed by atoms with van der Waals surface area (Å²) < 4.78 is 1.92. The second-order valence-corrected chi connectivity index (χ2v) is 5.35. The van der Waals surface area contributed by atoms with Crippen LogP contribution in [0.25, 0.3) is 0 Å². The number of aromatic nitrogens is 2. The van der Waals surface area contributed by atoms with Crippen molar-refractivity contribution in [2.45, 2.75) is 45.2 Å². The predicted molar refractivity (Wildman–Crippen MR) is 74.9 cm³/mol. The molecule has 2 rings (SSSR count). The average Bonchev–Trinajstić information content (AvgIpc) is 2.81. The van der Waals surface area contributed by atoms with E-state index in [1.807, 2.05) is 17.7 Å². The predicted octanol–water partition coefficient (Wildman–Crippen LogP) is 0.790. The van der Waals surface area contributed by atoms with Crippen LogP contribution in [0.5, 0.6) is 0 Å². The lowest BCUT2D eigenvalue weighted by atomic mass is 10.2. The van der Waals surface area contributed by atoms with Crippen LogP contribution in [0.15, 0.2) is 18.7 Å². The average molecular weight is 278 g/mol. The van der Waals surface area contributed by atoms with Crippen LogP contribution in [0.1, 0.15) is 32.6 Å². The van der Waals surface area contributed by atoms with E-state index in [1.54, 1.807) is 17.4 Å². The molecule has 20 heavy (non-hydrogen) atoms. The molecule has 6 nitrogen and oxygen atoms in total. The summed E-state index contributed by atoms with van der Waals surface area (Å²) in [5.74, 6) is 0.00720. The number of amides is 2. The maximum atomic E-state index is 12.0. The third kappa shape index (κ3) is 4.36. The number of nitrogens with one attached hydrogen (secondary N) is 1. The van der Waals surface area contributed by atoms with E-state index in [0.29, 0.717) is 19.5 Å². The van der Waals surface area contributed by atoms with E-state index in [0.717, 1.165) is 19.3 Å². The van der Waals surface area contributed by atoms with Crippen molar-refractivity contribution < 1.29 is 9.59 Å². The summed E-state index contributed by atoms with van der Waals surface area (Å²) >= 11 is 0. The number of hydrogen-bond acceptors (Lipinski definition) is 3. The lowest BCUT2D eigenvalue weighted by molar-refractivity contribution is -0.135. The molecule has 1 N–H and O–H groups in total. The van der Waals surface area contributed by atoms with Gasteiger partial charge in [-0.25, -0.2) is 4.98 Å². The maximum absolute atomic E-state index is 12.0. The molecule has 2 amide bonds. The number of imidazole rings is 1. The molecule has 1 unspecified atom stereocenters. The lowest BCUT2D eigenvalue weighted by Gasteiger charge is -2.21. The van der Waals surface area contributed by atoms with Gasteiger partial charge in [-0.1, -0.05) is 6.42 Å². The number of hydrogen-bond donors (Lipinski definition) is 1.